The van der Waals surface area contributed by atoms with Gasteiger partial charge in [-0.05, 0) is 25.0 Å². The van der Waals surface area contributed by atoms with Crippen molar-refractivity contribution in [1.29, 1.82) is 0 Å². The standard InChI is InChI=1S/C16H18O5/c1-2-11(17)15-13(16-19-8-5-9-20-16)14(18)10-6-3-4-7-12(10)21-15/h3-4,6-7,11,16-17H,2,5,8-9H2,1H3. The third-order valence-corrected chi connectivity index (χ3v) is 3.61. The first kappa shape index (κ1) is 14.3. The average Bonchev–Trinajstić information content (AvgIpc) is 2.55. The van der Waals surface area contributed by atoms with Crippen LogP contribution in [-0.2, 0) is 9.47 Å². The van der Waals surface area contributed by atoms with Crippen molar-refractivity contribution in [3.63, 3.8) is 0 Å². The quantitative estimate of drug-likeness (QED) is 0.941. The minimum Gasteiger partial charge on any atom is -0.458 e. The fourth-order valence-electron chi connectivity index (χ4n) is 2.48. The minimum absolute atomic E-state index is 0.203. The summed E-state index contributed by atoms with van der Waals surface area (Å²) in [5.74, 6) is 0.244. The molecule has 2 heterocycles. The molecule has 0 spiro atoms. The van der Waals surface area contributed by atoms with Gasteiger partial charge in [0.2, 0.25) is 5.43 Å². The van der Waals surface area contributed by atoms with Crippen LogP contribution in [0.3, 0.4) is 0 Å². The molecular weight excluding hydrogens is 272 g/mol. The molecule has 0 amide bonds. The summed E-state index contributed by atoms with van der Waals surface area (Å²) in [5.41, 5.74) is 0.540. The Bertz CT molecular complexity index is 685. The van der Waals surface area contributed by atoms with Crippen LogP contribution in [0.4, 0.5) is 0 Å². The molecule has 0 aliphatic carbocycles. The highest BCUT2D eigenvalue weighted by Gasteiger charge is 2.28. The Balaban J connectivity index is 2.22. The number of hydrogen-bond donors (Lipinski definition) is 1. The number of para-hydroxylation sites is 1. The molecule has 1 unspecified atom stereocenters. The first-order valence-electron chi connectivity index (χ1n) is 7.19. The monoisotopic (exact) mass is 290 g/mol. The second kappa shape index (κ2) is 5.97. The molecule has 5 nitrogen and oxygen atoms in total. The normalized spacial score (nSPS) is 18.0. The van der Waals surface area contributed by atoms with E-state index in [-0.39, 0.29) is 16.8 Å². The third-order valence-electron chi connectivity index (χ3n) is 3.61. The summed E-state index contributed by atoms with van der Waals surface area (Å²) in [6.07, 6.45) is -0.385. The molecule has 0 saturated carbocycles. The first-order valence-corrected chi connectivity index (χ1v) is 7.19. The van der Waals surface area contributed by atoms with Gasteiger partial charge in [0.25, 0.3) is 0 Å². The summed E-state index contributed by atoms with van der Waals surface area (Å²) < 4.78 is 16.8. The van der Waals surface area contributed by atoms with Crippen LogP contribution < -0.4 is 5.43 Å². The summed E-state index contributed by atoms with van der Waals surface area (Å²) in [6, 6.07) is 6.99. The summed E-state index contributed by atoms with van der Waals surface area (Å²) >= 11 is 0. The number of aliphatic hydroxyl groups is 1. The Morgan fingerprint density at radius 1 is 1.29 bits per heavy atom. The van der Waals surface area contributed by atoms with Crippen molar-refractivity contribution in [2.45, 2.75) is 32.2 Å². The van der Waals surface area contributed by atoms with Crippen LogP contribution in [-0.4, -0.2) is 18.3 Å². The van der Waals surface area contributed by atoms with Crippen LogP contribution in [0.25, 0.3) is 11.0 Å². The molecule has 1 saturated heterocycles. The second-order valence-corrected chi connectivity index (χ2v) is 5.06. The van der Waals surface area contributed by atoms with E-state index < -0.39 is 12.4 Å². The van der Waals surface area contributed by atoms with E-state index in [0.717, 1.165) is 6.42 Å². The number of benzene rings is 1. The maximum absolute atomic E-state index is 12.7. The predicted molar refractivity (Wildman–Crippen MR) is 77.0 cm³/mol. The van der Waals surface area contributed by atoms with Gasteiger partial charge in [0.15, 0.2) is 6.29 Å². The molecule has 0 radical (unpaired) electrons. The molecule has 1 aliphatic rings. The minimum atomic E-state index is -0.855. The van der Waals surface area contributed by atoms with Gasteiger partial charge in [0.1, 0.15) is 17.4 Å². The summed E-state index contributed by atoms with van der Waals surface area (Å²) in [7, 11) is 0. The van der Waals surface area contributed by atoms with Gasteiger partial charge in [0.05, 0.1) is 24.2 Å². The van der Waals surface area contributed by atoms with Crippen molar-refractivity contribution in [2.24, 2.45) is 0 Å². The Morgan fingerprint density at radius 2 is 2.00 bits per heavy atom. The smallest absolute Gasteiger partial charge is 0.201 e. The van der Waals surface area contributed by atoms with E-state index in [4.69, 9.17) is 13.9 Å². The van der Waals surface area contributed by atoms with Gasteiger partial charge in [-0.2, -0.15) is 0 Å². The molecule has 112 valence electrons. The summed E-state index contributed by atoms with van der Waals surface area (Å²) in [6.45, 7) is 2.88. The number of rotatable bonds is 3. The molecule has 1 aromatic heterocycles. The van der Waals surface area contributed by atoms with Gasteiger partial charge in [-0.25, -0.2) is 0 Å². The molecule has 2 aromatic rings. The lowest BCUT2D eigenvalue weighted by Crippen LogP contribution is -2.26. The van der Waals surface area contributed by atoms with Crippen molar-refractivity contribution in [3.05, 3.63) is 45.8 Å². The molecule has 1 N–H and O–H groups in total. The molecule has 5 heteroatoms. The van der Waals surface area contributed by atoms with E-state index >= 15 is 0 Å². The number of aliphatic hydroxyl groups excluding tert-OH is 1. The Morgan fingerprint density at radius 3 is 2.71 bits per heavy atom. The van der Waals surface area contributed by atoms with Gasteiger partial charge in [-0.15, -0.1) is 0 Å². The molecule has 3 rings (SSSR count). The van der Waals surface area contributed by atoms with Gasteiger partial charge in [-0.3, -0.25) is 4.79 Å². The van der Waals surface area contributed by atoms with Crippen LogP contribution in [0.1, 0.15) is 43.5 Å². The zero-order valence-corrected chi connectivity index (χ0v) is 11.9. The lowest BCUT2D eigenvalue weighted by molar-refractivity contribution is -0.185. The first-order chi connectivity index (χ1) is 10.2. The van der Waals surface area contributed by atoms with Crippen LogP contribution >= 0.6 is 0 Å². The number of hydrogen-bond acceptors (Lipinski definition) is 5. The maximum atomic E-state index is 12.7. The summed E-state index contributed by atoms with van der Waals surface area (Å²) in [4.78, 5) is 12.7. The van der Waals surface area contributed by atoms with Crippen LogP contribution in [0.2, 0.25) is 0 Å². The van der Waals surface area contributed by atoms with Crippen molar-refractivity contribution in [1.82, 2.24) is 0 Å². The van der Waals surface area contributed by atoms with Crippen molar-refractivity contribution in [3.8, 4) is 0 Å². The van der Waals surface area contributed by atoms with E-state index in [2.05, 4.69) is 0 Å². The van der Waals surface area contributed by atoms with Gasteiger partial charge >= 0.3 is 0 Å². The third kappa shape index (κ3) is 2.60. The van der Waals surface area contributed by atoms with Crippen LogP contribution in [0.5, 0.6) is 0 Å². The zero-order valence-electron chi connectivity index (χ0n) is 11.9. The van der Waals surface area contributed by atoms with Gasteiger partial charge in [0, 0.05) is 0 Å². The second-order valence-electron chi connectivity index (χ2n) is 5.06. The molecule has 21 heavy (non-hydrogen) atoms. The predicted octanol–water partition coefficient (Wildman–Crippen LogP) is 2.67. The molecular formula is C16H18O5. The lowest BCUT2D eigenvalue weighted by Gasteiger charge is -2.25. The van der Waals surface area contributed by atoms with Crippen LogP contribution in [0, 0.1) is 0 Å². The largest absolute Gasteiger partial charge is 0.458 e. The van der Waals surface area contributed by atoms with E-state index in [0.29, 0.717) is 30.6 Å². The Kier molecular flexibility index (Phi) is 4.05. The fraction of sp³-hybridized carbons (Fsp3) is 0.438. The van der Waals surface area contributed by atoms with Gasteiger partial charge in [-0.1, -0.05) is 19.1 Å². The maximum Gasteiger partial charge on any atom is 0.201 e. The van der Waals surface area contributed by atoms with E-state index in [1.807, 2.05) is 6.92 Å². The van der Waals surface area contributed by atoms with Gasteiger partial charge < -0.3 is 19.0 Å². The highest BCUT2D eigenvalue weighted by atomic mass is 16.7. The van der Waals surface area contributed by atoms with E-state index in [9.17, 15) is 9.90 Å². The molecule has 0 bridgehead atoms. The SMILES string of the molecule is CCC(O)c1oc2ccccc2c(=O)c1C1OCCCO1. The number of fused-ring (bicyclic) bond motifs is 1. The molecule has 1 fully saturated rings. The van der Waals surface area contributed by atoms with Crippen molar-refractivity contribution in [2.75, 3.05) is 13.2 Å². The Hall–Kier alpha value is -1.69. The Labute approximate surface area is 122 Å². The summed E-state index contributed by atoms with van der Waals surface area (Å²) in [5, 5.41) is 10.7. The number of ether oxygens (including phenoxy) is 2. The lowest BCUT2D eigenvalue weighted by atomic mass is 10.0. The van der Waals surface area contributed by atoms with Crippen molar-refractivity contribution < 1.29 is 19.0 Å². The van der Waals surface area contributed by atoms with Crippen molar-refractivity contribution >= 4 is 11.0 Å². The average molecular weight is 290 g/mol. The zero-order chi connectivity index (χ0) is 14.8. The molecule has 1 atom stereocenters. The molecule has 1 aromatic carbocycles. The fourth-order valence-corrected chi connectivity index (χ4v) is 2.48. The van der Waals surface area contributed by atoms with Crippen LogP contribution in [0.15, 0.2) is 33.5 Å². The van der Waals surface area contributed by atoms with E-state index in [1.165, 1.54) is 0 Å². The topological polar surface area (TPSA) is 68.9 Å². The molecule has 1 aliphatic heterocycles. The van der Waals surface area contributed by atoms with E-state index in [1.54, 1.807) is 24.3 Å². The highest BCUT2D eigenvalue weighted by Crippen LogP contribution is 2.30. The highest BCUT2D eigenvalue weighted by molar-refractivity contribution is 5.77.